The monoisotopic (exact) mass is 487 g/mol. The van der Waals surface area contributed by atoms with E-state index in [1.807, 2.05) is 91.0 Å². The van der Waals surface area contributed by atoms with Crippen molar-refractivity contribution in [3.63, 3.8) is 0 Å². The fraction of sp³-hybridized carbons (Fsp3) is 0.185. The Balaban J connectivity index is 1.71. The van der Waals surface area contributed by atoms with E-state index < -0.39 is 30.1 Å². The Bertz CT molecular complexity index is 1140. The number of hydrogen-bond acceptors (Lipinski definition) is 5. The fourth-order valence-corrected chi connectivity index (χ4v) is 3.45. The Hall–Kier alpha value is -4.66. The highest BCUT2D eigenvalue weighted by atomic mass is 16.5. The largest absolute Gasteiger partial charge is 0.445 e. The third-order valence-corrected chi connectivity index (χ3v) is 5.16. The maximum atomic E-state index is 13.3. The summed E-state index contributed by atoms with van der Waals surface area (Å²) in [6, 6.07) is 25.8. The molecule has 36 heavy (non-hydrogen) atoms. The zero-order chi connectivity index (χ0) is 25.6. The van der Waals surface area contributed by atoms with Gasteiger partial charge < -0.3 is 21.1 Å². The summed E-state index contributed by atoms with van der Waals surface area (Å²) >= 11 is 0. The number of benzene rings is 3. The molecule has 4 amide bonds. The molecule has 5 N–H and O–H groups in total. The summed E-state index contributed by atoms with van der Waals surface area (Å²) in [5.41, 5.74) is 9.86. The number of primary amides is 1. The van der Waals surface area contributed by atoms with Crippen LogP contribution in [0, 0.1) is 0 Å². The minimum atomic E-state index is -0.911. The zero-order valence-electron chi connectivity index (χ0n) is 19.7. The molecule has 0 saturated heterocycles. The van der Waals surface area contributed by atoms with Gasteiger partial charge in [0.15, 0.2) is 0 Å². The van der Waals surface area contributed by atoms with Gasteiger partial charge in [-0.2, -0.15) is 5.10 Å². The molecule has 0 saturated carbocycles. The Morgan fingerprint density at radius 3 is 1.86 bits per heavy atom. The Morgan fingerprint density at radius 2 is 1.31 bits per heavy atom. The van der Waals surface area contributed by atoms with Gasteiger partial charge in [-0.25, -0.2) is 15.0 Å². The van der Waals surface area contributed by atoms with Crippen LogP contribution < -0.4 is 21.8 Å². The van der Waals surface area contributed by atoms with E-state index in [1.165, 1.54) is 6.21 Å². The van der Waals surface area contributed by atoms with Gasteiger partial charge in [-0.3, -0.25) is 4.79 Å². The van der Waals surface area contributed by atoms with Gasteiger partial charge in [0.25, 0.3) is 0 Å². The molecule has 0 radical (unpaired) electrons. The van der Waals surface area contributed by atoms with Gasteiger partial charge in [0, 0.05) is 12.6 Å². The van der Waals surface area contributed by atoms with Crippen LogP contribution in [-0.4, -0.2) is 36.3 Å². The molecule has 0 aliphatic heterocycles. The minimum absolute atomic E-state index is 0.0778. The average Bonchev–Trinajstić information content (AvgIpc) is 2.88. The third-order valence-electron chi connectivity index (χ3n) is 5.16. The Morgan fingerprint density at radius 1 is 0.778 bits per heavy atom. The smallest absolute Gasteiger partial charge is 0.408 e. The van der Waals surface area contributed by atoms with Crippen LogP contribution in [0.25, 0.3) is 0 Å². The van der Waals surface area contributed by atoms with Gasteiger partial charge in [-0.15, -0.1) is 0 Å². The number of nitrogens with two attached hydrogens (primary N) is 1. The molecule has 0 heterocycles. The van der Waals surface area contributed by atoms with Crippen LogP contribution in [0.3, 0.4) is 0 Å². The molecule has 0 spiro atoms. The van der Waals surface area contributed by atoms with Gasteiger partial charge in [0.2, 0.25) is 5.91 Å². The molecule has 3 aromatic carbocycles. The lowest BCUT2D eigenvalue weighted by Gasteiger charge is -2.22. The van der Waals surface area contributed by atoms with Crippen LogP contribution in [0.15, 0.2) is 96.1 Å². The van der Waals surface area contributed by atoms with Crippen molar-refractivity contribution >= 4 is 24.2 Å². The van der Waals surface area contributed by atoms with Crippen molar-refractivity contribution in [2.24, 2.45) is 10.8 Å². The maximum absolute atomic E-state index is 13.3. The highest BCUT2D eigenvalue weighted by Crippen LogP contribution is 2.07. The first-order chi connectivity index (χ1) is 17.5. The van der Waals surface area contributed by atoms with Crippen LogP contribution in [0.2, 0.25) is 0 Å². The normalized spacial score (nSPS) is 12.3. The van der Waals surface area contributed by atoms with E-state index in [9.17, 15) is 14.4 Å². The fourth-order valence-electron chi connectivity index (χ4n) is 3.45. The average molecular weight is 488 g/mol. The van der Waals surface area contributed by atoms with Crippen LogP contribution in [0.5, 0.6) is 0 Å². The lowest BCUT2D eigenvalue weighted by atomic mass is 10.0. The molecular weight excluding hydrogens is 458 g/mol. The van der Waals surface area contributed by atoms with Crippen LogP contribution in [-0.2, 0) is 29.0 Å². The maximum Gasteiger partial charge on any atom is 0.408 e. The van der Waals surface area contributed by atoms with Crippen LogP contribution in [0.4, 0.5) is 9.59 Å². The van der Waals surface area contributed by atoms with E-state index >= 15 is 0 Å². The molecule has 186 valence electrons. The number of carbonyl (C=O) groups is 3. The lowest BCUT2D eigenvalue weighted by molar-refractivity contribution is -0.123. The summed E-state index contributed by atoms with van der Waals surface area (Å²) in [7, 11) is 0. The number of nitrogens with one attached hydrogen (secondary N) is 3. The van der Waals surface area contributed by atoms with Crippen molar-refractivity contribution in [2.75, 3.05) is 0 Å². The number of nitrogens with zero attached hydrogens (tertiary/aromatic N) is 1. The molecule has 2 atom stereocenters. The van der Waals surface area contributed by atoms with E-state index in [4.69, 9.17) is 10.5 Å². The van der Waals surface area contributed by atoms with E-state index in [2.05, 4.69) is 21.2 Å². The molecule has 0 aliphatic carbocycles. The van der Waals surface area contributed by atoms with Crippen molar-refractivity contribution < 1.29 is 19.1 Å². The van der Waals surface area contributed by atoms with E-state index in [-0.39, 0.29) is 13.0 Å². The van der Waals surface area contributed by atoms with E-state index in [0.29, 0.717) is 6.42 Å². The molecule has 9 heteroatoms. The van der Waals surface area contributed by atoms with Gasteiger partial charge >= 0.3 is 12.1 Å². The number of hydrazone groups is 1. The summed E-state index contributed by atoms with van der Waals surface area (Å²) in [6.07, 6.45) is 1.34. The van der Waals surface area contributed by atoms with Crippen molar-refractivity contribution in [3.05, 3.63) is 108 Å². The summed E-state index contributed by atoms with van der Waals surface area (Å²) in [5.74, 6) is -0.429. The molecular formula is C27H29N5O4. The summed E-state index contributed by atoms with van der Waals surface area (Å²) < 4.78 is 5.32. The quantitative estimate of drug-likeness (QED) is 0.244. The van der Waals surface area contributed by atoms with Gasteiger partial charge in [-0.1, -0.05) is 91.0 Å². The SMILES string of the molecule is NC(=O)NN=C[C@@H](Cc1ccccc1)NC(=O)[C@H](Cc1ccccc1)NC(=O)OCc1ccccc1. The second-order valence-electron chi connectivity index (χ2n) is 8.01. The minimum Gasteiger partial charge on any atom is -0.445 e. The molecule has 0 fully saturated rings. The topological polar surface area (TPSA) is 135 Å². The second-order valence-corrected chi connectivity index (χ2v) is 8.01. The highest BCUT2D eigenvalue weighted by molar-refractivity contribution is 5.88. The third kappa shape index (κ3) is 9.30. The molecule has 9 nitrogen and oxygen atoms in total. The van der Waals surface area contributed by atoms with Crippen molar-refractivity contribution in [2.45, 2.75) is 31.5 Å². The molecule has 3 aromatic rings. The number of carbonyl (C=O) groups excluding carboxylic acids is 3. The standard InChI is InChI=1S/C27H29N5O4/c28-26(34)32-29-18-23(16-20-10-4-1-5-11-20)30-25(33)24(17-21-12-6-2-7-13-21)31-27(35)36-19-22-14-8-3-9-15-22/h1-15,18,23-24H,16-17,19H2,(H,30,33)(H,31,35)(H3,28,32,34)/t23-,24+/m1/s1. The van der Waals surface area contributed by atoms with Gasteiger partial charge in [-0.05, 0) is 23.1 Å². The van der Waals surface area contributed by atoms with Crippen molar-refractivity contribution in [1.82, 2.24) is 16.1 Å². The number of hydrogen-bond donors (Lipinski definition) is 4. The predicted molar refractivity (Wildman–Crippen MR) is 137 cm³/mol. The predicted octanol–water partition coefficient (Wildman–Crippen LogP) is 2.91. The molecule has 0 aliphatic rings. The molecule has 0 bridgehead atoms. The number of ether oxygens (including phenoxy) is 1. The van der Waals surface area contributed by atoms with Crippen molar-refractivity contribution in [1.29, 1.82) is 0 Å². The molecule has 0 unspecified atom stereocenters. The van der Waals surface area contributed by atoms with Gasteiger partial charge in [0.05, 0.1) is 6.04 Å². The van der Waals surface area contributed by atoms with E-state index in [1.54, 1.807) is 0 Å². The summed E-state index contributed by atoms with van der Waals surface area (Å²) in [6.45, 7) is 0.0778. The molecule has 3 rings (SSSR count). The zero-order valence-corrected chi connectivity index (χ0v) is 19.7. The Labute approximate surface area is 209 Å². The lowest BCUT2D eigenvalue weighted by Crippen LogP contribution is -2.51. The number of urea groups is 1. The number of alkyl carbamates (subject to hydrolysis) is 1. The first-order valence-electron chi connectivity index (χ1n) is 11.4. The van der Waals surface area contributed by atoms with Crippen LogP contribution >= 0.6 is 0 Å². The Kier molecular flexibility index (Phi) is 10.0. The first-order valence-corrected chi connectivity index (χ1v) is 11.4. The van der Waals surface area contributed by atoms with Crippen LogP contribution in [0.1, 0.15) is 16.7 Å². The highest BCUT2D eigenvalue weighted by Gasteiger charge is 2.24. The summed E-state index contributed by atoms with van der Waals surface area (Å²) in [4.78, 5) is 36.9. The molecule has 0 aromatic heterocycles. The van der Waals surface area contributed by atoms with E-state index in [0.717, 1.165) is 16.7 Å². The van der Waals surface area contributed by atoms with Crippen molar-refractivity contribution in [3.8, 4) is 0 Å². The second kappa shape index (κ2) is 13.9. The number of amides is 4. The summed E-state index contributed by atoms with van der Waals surface area (Å²) in [5, 5.41) is 9.37. The first kappa shape index (κ1) is 26.0. The number of rotatable bonds is 11. The van der Waals surface area contributed by atoms with Gasteiger partial charge in [0.1, 0.15) is 12.6 Å².